The summed E-state index contributed by atoms with van der Waals surface area (Å²) in [6, 6.07) is 7.01. The number of carboxylic acids is 1. The number of hydrogen-bond donors (Lipinski definition) is 1. The molecule has 0 atom stereocenters. The quantitative estimate of drug-likeness (QED) is 0.887. The highest BCUT2D eigenvalue weighted by Crippen LogP contribution is 2.38. The van der Waals surface area contributed by atoms with Crippen molar-refractivity contribution in [1.29, 1.82) is 0 Å². The van der Waals surface area contributed by atoms with Gasteiger partial charge in [-0.3, -0.25) is 0 Å². The van der Waals surface area contributed by atoms with E-state index in [9.17, 15) is 4.79 Å². The largest absolute Gasteiger partial charge is 0.478 e. The van der Waals surface area contributed by atoms with Crippen molar-refractivity contribution in [2.24, 2.45) is 11.3 Å². The van der Waals surface area contributed by atoms with Gasteiger partial charge in [-0.15, -0.1) is 0 Å². The van der Waals surface area contributed by atoms with Crippen molar-refractivity contribution in [2.75, 3.05) is 0 Å². The molecule has 1 N–H and O–H groups in total. The van der Waals surface area contributed by atoms with E-state index in [1.165, 1.54) is 12.8 Å². The zero-order chi connectivity index (χ0) is 15.5. The summed E-state index contributed by atoms with van der Waals surface area (Å²) < 4.78 is 5.97. The number of hydrogen-bond acceptors (Lipinski definition) is 2. The monoisotopic (exact) mass is 290 g/mol. The Morgan fingerprint density at radius 2 is 1.90 bits per heavy atom. The fraction of sp³-hybridized carbons (Fsp3) is 0.611. The van der Waals surface area contributed by atoms with Crippen molar-refractivity contribution in [3.63, 3.8) is 0 Å². The minimum atomic E-state index is -0.887. The molecule has 116 valence electrons. The zero-order valence-corrected chi connectivity index (χ0v) is 13.3. The van der Waals surface area contributed by atoms with Crippen molar-refractivity contribution in [3.8, 4) is 0 Å². The van der Waals surface area contributed by atoms with E-state index in [2.05, 4.69) is 20.8 Å². The zero-order valence-electron chi connectivity index (χ0n) is 13.3. The van der Waals surface area contributed by atoms with Gasteiger partial charge in [0.05, 0.1) is 18.3 Å². The van der Waals surface area contributed by atoms with Crippen LogP contribution in [0.15, 0.2) is 24.3 Å². The van der Waals surface area contributed by atoms with Crippen LogP contribution < -0.4 is 0 Å². The normalized spacial score (nSPS) is 23.0. The Morgan fingerprint density at radius 1 is 1.24 bits per heavy atom. The lowest BCUT2D eigenvalue weighted by molar-refractivity contribution is -0.00582. The van der Waals surface area contributed by atoms with Gasteiger partial charge < -0.3 is 9.84 Å². The summed E-state index contributed by atoms with van der Waals surface area (Å²) in [4.78, 5) is 10.9. The number of aromatic carboxylic acids is 1. The summed E-state index contributed by atoms with van der Waals surface area (Å²) in [5.41, 5.74) is 1.65. The number of carbonyl (C=O) groups is 1. The molecule has 3 nitrogen and oxygen atoms in total. The molecular weight excluding hydrogens is 264 g/mol. The third-order valence-corrected chi connectivity index (χ3v) is 4.56. The van der Waals surface area contributed by atoms with Gasteiger partial charge in [-0.25, -0.2) is 4.79 Å². The molecule has 0 aliphatic heterocycles. The first-order valence-corrected chi connectivity index (χ1v) is 7.80. The van der Waals surface area contributed by atoms with Gasteiger partial charge in [0.2, 0.25) is 0 Å². The Hall–Kier alpha value is -1.35. The van der Waals surface area contributed by atoms with E-state index in [4.69, 9.17) is 9.84 Å². The van der Waals surface area contributed by atoms with Crippen molar-refractivity contribution >= 4 is 5.97 Å². The van der Waals surface area contributed by atoms with Gasteiger partial charge in [0.15, 0.2) is 0 Å². The molecule has 0 heterocycles. The Balaban J connectivity index is 1.82. The van der Waals surface area contributed by atoms with E-state index in [-0.39, 0.29) is 0 Å². The smallest absolute Gasteiger partial charge is 0.335 e. The van der Waals surface area contributed by atoms with Gasteiger partial charge in [-0.05, 0) is 54.7 Å². The molecule has 0 radical (unpaired) electrons. The average Bonchev–Trinajstić information content (AvgIpc) is 2.45. The molecule has 1 aliphatic rings. The first-order chi connectivity index (χ1) is 9.86. The Labute approximate surface area is 127 Å². The van der Waals surface area contributed by atoms with Crippen LogP contribution in [-0.4, -0.2) is 17.2 Å². The number of ether oxygens (including phenoxy) is 1. The van der Waals surface area contributed by atoms with Crippen LogP contribution >= 0.6 is 0 Å². The predicted octanol–water partition coefficient (Wildman–Crippen LogP) is 4.51. The van der Waals surface area contributed by atoms with Crippen LogP contribution in [0.5, 0.6) is 0 Å². The van der Waals surface area contributed by atoms with Crippen molar-refractivity contribution in [3.05, 3.63) is 35.4 Å². The molecule has 1 fully saturated rings. The van der Waals surface area contributed by atoms with E-state index in [1.54, 1.807) is 18.2 Å². The van der Waals surface area contributed by atoms with Crippen LogP contribution in [0.1, 0.15) is 62.4 Å². The Morgan fingerprint density at radius 3 is 2.48 bits per heavy atom. The second kappa shape index (κ2) is 6.61. The molecule has 3 heteroatoms. The second-order valence-corrected chi connectivity index (χ2v) is 7.16. The third kappa shape index (κ3) is 4.57. The summed E-state index contributed by atoms with van der Waals surface area (Å²) in [5.74, 6) is -0.102. The van der Waals surface area contributed by atoms with Crippen molar-refractivity contribution in [2.45, 2.75) is 59.2 Å². The number of benzene rings is 1. The van der Waals surface area contributed by atoms with Crippen molar-refractivity contribution in [1.82, 2.24) is 0 Å². The molecule has 0 saturated heterocycles. The lowest BCUT2D eigenvalue weighted by Crippen LogP contribution is -2.29. The summed E-state index contributed by atoms with van der Waals surface area (Å²) in [6.07, 6.45) is 4.99. The van der Waals surface area contributed by atoms with E-state index < -0.39 is 5.97 Å². The van der Waals surface area contributed by atoms with Crippen LogP contribution in [0.2, 0.25) is 0 Å². The molecular formula is C18H26O3. The molecule has 1 aliphatic carbocycles. The maximum Gasteiger partial charge on any atom is 0.335 e. The molecule has 1 aromatic carbocycles. The van der Waals surface area contributed by atoms with Gasteiger partial charge in [0.1, 0.15) is 0 Å². The average molecular weight is 290 g/mol. The van der Waals surface area contributed by atoms with Gasteiger partial charge >= 0.3 is 5.97 Å². The predicted molar refractivity (Wildman–Crippen MR) is 83.4 cm³/mol. The molecule has 0 amide bonds. The maximum absolute atomic E-state index is 10.9. The molecule has 0 bridgehead atoms. The summed E-state index contributed by atoms with van der Waals surface area (Å²) in [6.45, 7) is 7.45. The molecule has 1 aromatic rings. The number of rotatable bonds is 4. The molecule has 0 aromatic heterocycles. The SMILES string of the molecule is CC(C)(C)C1CCC(OCc2cccc(C(=O)O)c2)CC1. The van der Waals surface area contributed by atoms with E-state index in [0.29, 0.717) is 23.7 Å². The highest BCUT2D eigenvalue weighted by molar-refractivity contribution is 5.87. The van der Waals surface area contributed by atoms with Crippen LogP contribution in [0.4, 0.5) is 0 Å². The molecule has 0 unspecified atom stereocenters. The Kier molecular flexibility index (Phi) is 5.04. The fourth-order valence-corrected chi connectivity index (χ4v) is 3.10. The van der Waals surface area contributed by atoms with Gasteiger partial charge in [0.25, 0.3) is 0 Å². The van der Waals surface area contributed by atoms with Crippen molar-refractivity contribution < 1.29 is 14.6 Å². The van der Waals surface area contributed by atoms with E-state index in [1.807, 2.05) is 6.07 Å². The fourth-order valence-electron chi connectivity index (χ4n) is 3.10. The first kappa shape index (κ1) is 16.0. The minimum absolute atomic E-state index is 0.317. The number of carboxylic acid groups (broad SMARTS) is 1. The van der Waals surface area contributed by atoms with Gasteiger partial charge in [0, 0.05) is 0 Å². The molecule has 0 spiro atoms. The summed E-state index contributed by atoms with van der Waals surface area (Å²) in [5, 5.41) is 8.99. The van der Waals surface area contributed by atoms with Crippen LogP contribution in [0, 0.1) is 11.3 Å². The van der Waals surface area contributed by atoms with Crippen LogP contribution in [0.25, 0.3) is 0 Å². The first-order valence-electron chi connectivity index (χ1n) is 7.80. The summed E-state index contributed by atoms with van der Waals surface area (Å²) in [7, 11) is 0. The second-order valence-electron chi connectivity index (χ2n) is 7.16. The van der Waals surface area contributed by atoms with Crippen LogP contribution in [0.3, 0.4) is 0 Å². The lowest BCUT2D eigenvalue weighted by Gasteiger charge is -2.36. The molecule has 1 saturated carbocycles. The summed E-state index contributed by atoms with van der Waals surface area (Å²) >= 11 is 0. The topological polar surface area (TPSA) is 46.5 Å². The lowest BCUT2D eigenvalue weighted by atomic mass is 9.72. The Bertz CT molecular complexity index is 479. The molecule has 21 heavy (non-hydrogen) atoms. The van der Waals surface area contributed by atoms with Crippen LogP contribution in [-0.2, 0) is 11.3 Å². The highest BCUT2D eigenvalue weighted by Gasteiger charge is 2.29. The highest BCUT2D eigenvalue weighted by atomic mass is 16.5. The van der Waals surface area contributed by atoms with Gasteiger partial charge in [-0.1, -0.05) is 32.9 Å². The van der Waals surface area contributed by atoms with Gasteiger partial charge in [-0.2, -0.15) is 0 Å². The van der Waals surface area contributed by atoms with E-state index >= 15 is 0 Å². The molecule has 2 rings (SSSR count). The third-order valence-electron chi connectivity index (χ3n) is 4.56. The maximum atomic E-state index is 10.9. The minimum Gasteiger partial charge on any atom is -0.478 e. The standard InChI is InChI=1S/C18H26O3/c1-18(2,3)15-7-9-16(10-8-15)21-12-13-5-4-6-14(11-13)17(19)20/h4-6,11,15-16H,7-10,12H2,1-3H3,(H,19,20). The van der Waals surface area contributed by atoms with E-state index in [0.717, 1.165) is 24.3 Å².